The quantitative estimate of drug-likeness (QED) is 0.643. The van der Waals surface area contributed by atoms with Crippen molar-refractivity contribution in [1.29, 1.82) is 0 Å². The maximum Gasteiger partial charge on any atom is 0.314 e. The van der Waals surface area contributed by atoms with E-state index in [2.05, 4.69) is 10.6 Å². The molecule has 134 valence electrons. The molecule has 1 saturated heterocycles. The molecule has 1 unspecified atom stereocenters. The van der Waals surface area contributed by atoms with Gasteiger partial charge in [0.15, 0.2) is 0 Å². The van der Waals surface area contributed by atoms with Gasteiger partial charge in [-0.05, 0) is 43.9 Å². The zero-order chi connectivity index (χ0) is 17.0. The molecule has 0 saturated carbocycles. The van der Waals surface area contributed by atoms with Crippen molar-refractivity contribution >= 4 is 6.03 Å². The van der Waals surface area contributed by atoms with Gasteiger partial charge in [0.1, 0.15) is 12.4 Å². The predicted octanol–water partition coefficient (Wildman–Crippen LogP) is 2.26. The summed E-state index contributed by atoms with van der Waals surface area (Å²) < 4.78 is 16.6. The standard InChI is InChI=1S/C18H28N2O4/c1-15-5-2-6-16(13-15)24-12-9-20-18(21)19-8-4-10-22-14-17-7-3-11-23-17/h2,5-6,13,17H,3-4,7-12,14H2,1H3,(H2,19,20,21). The highest BCUT2D eigenvalue weighted by molar-refractivity contribution is 5.73. The van der Waals surface area contributed by atoms with Crippen molar-refractivity contribution in [3.05, 3.63) is 29.8 Å². The first kappa shape index (κ1) is 18.5. The molecule has 24 heavy (non-hydrogen) atoms. The van der Waals surface area contributed by atoms with Gasteiger partial charge in [0.25, 0.3) is 0 Å². The Morgan fingerprint density at radius 1 is 1.29 bits per heavy atom. The first-order chi connectivity index (χ1) is 11.7. The van der Waals surface area contributed by atoms with Crippen LogP contribution in [0.3, 0.4) is 0 Å². The molecule has 1 aromatic rings. The molecule has 1 fully saturated rings. The Bertz CT molecular complexity index is 490. The summed E-state index contributed by atoms with van der Waals surface area (Å²) in [5.74, 6) is 0.820. The number of benzene rings is 1. The van der Waals surface area contributed by atoms with Crippen LogP contribution >= 0.6 is 0 Å². The van der Waals surface area contributed by atoms with Crippen LogP contribution in [-0.4, -0.2) is 51.7 Å². The summed E-state index contributed by atoms with van der Waals surface area (Å²) in [4.78, 5) is 11.6. The molecule has 2 amide bonds. The van der Waals surface area contributed by atoms with Gasteiger partial charge in [-0.2, -0.15) is 0 Å². The number of rotatable bonds is 10. The lowest BCUT2D eigenvalue weighted by molar-refractivity contribution is 0.0168. The summed E-state index contributed by atoms with van der Waals surface area (Å²) >= 11 is 0. The topological polar surface area (TPSA) is 68.8 Å². The minimum Gasteiger partial charge on any atom is -0.492 e. The van der Waals surface area contributed by atoms with Crippen molar-refractivity contribution in [2.45, 2.75) is 32.3 Å². The zero-order valence-electron chi connectivity index (χ0n) is 14.4. The number of carbonyl (C=O) groups is 1. The van der Waals surface area contributed by atoms with Crippen LogP contribution in [0.1, 0.15) is 24.8 Å². The second-order valence-electron chi connectivity index (χ2n) is 5.91. The zero-order valence-corrected chi connectivity index (χ0v) is 14.4. The molecule has 0 radical (unpaired) electrons. The lowest BCUT2D eigenvalue weighted by atomic mass is 10.2. The molecule has 0 aliphatic carbocycles. The molecule has 1 aliphatic heterocycles. The van der Waals surface area contributed by atoms with Crippen LogP contribution in [0.4, 0.5) is 4.79 Å². The van der Waals surface area contributed by atoms with Crippen molar-refractivity contribution in [1.82, 2.24) is 10.6 Å². The van der Waals surface area contributed by atoms with Crippen LogP contribution in [0.15, 0.2) is 24.3 Å². The van der Waals surface area contributed by atoms with Gasteiger partial charge in [0.2, 0.25) is 0 Å². The monoisotopic (exact) mass is 336 g/mol. The van der Waals surface area contributed by atoms with Crippen molar-refractivity contribution in [2.75, 3.05) is 39.5 Å². The summed E-state index contributed by atoms with van der Waals surface area (Å²) in [6.07, 6.45) is 3.27. The summed E-state index contributed by atoms with van der Waals surface area (Å²) in [6, 6.07) is 7.66. The largest absolute Gasteiger partial charge is 0.492 e. The number of hydrogen-bond acceptors (Lipinski definition) is 4. The first-order valence-electron chi connectivity index (χ1n) is 8.64. The average molecular weight is 336 g/mol. The van der Waals surface area contributed by atoms with E-state index in [9.17, 15) is 4.79 Å². The Hall–Kier alpha value is -1.79. The second kappa shape index (κ2) is 10.9. The average Bonchev–Trinajstić information content (AvgIpc) is 3.08. The fourth-order valence-corrected chi connectivity index (χ4v) is 2.47. The molecule has 2 N–H and O–H groups in total. The summed E-state index contributed by atoms with van der Waals surface area (Å²) in [7, 11) is 0. The lowest BCUT2D eigenvalue weighted by Crippen LogP contribution is -2.38. The molecular formula is C18H28N2O4. The van der Waals surface area contributed by atoms with Crippen molar-refractivity contribution in [2.24, 2.45) is 0 Å². The SMILES string of the molecule is Cc1cccc(OCCNC(=O)NCCCOCC2CCCO2)c1. The molecule has 0 bridgehead atoms. The Kier molecular flexibility index (Phi) is 8.41. The molecule has 0 aromatic heterocycles. The highest BCUT2D eigenvalue weighted by Gasteiger charge is 2.14. The van der Waals surface area contributed by atoms with Crippen molar-refractivity contribution in [3.63, 3.8) is 0 Å². The smallest absolute Gasteiger partial charge is 0.314 e. The van der Waals surface area contributed by atoms with Crippen molar-refractivity contribution < 1.29 is 19.0 Å². The molecule has 2 rings (SSSR count). The van der Waals surface area contributed by atoms with E-state index in [4.69, 9.17) is 14.2 Å². The Morgan fingerprint density at radius 3 is 2.96 bits per heavy atom. The first-order valence-corrected chi connectivity index (χ1v) is 8.64. The Morgan fingerprint density at radius 2 is 2.17 bits per heavy atom. The maximum atomic E-state index is 11.6. The number of urea groups is 1. The maximum absolute atomic E-state index is 11.6. The number of carbonyl (C=O) groups excluding carboxylic acids is 1. The number of hydrogen-bond donors (Lipinski definition) is 2. The van der Waals surface area contributed by atoms with Gasteiger partial charge in [-0.3, -0.25) is 0 Å². The Balaban J connectivity index is 1.41. The summed E-state index contributed by atoms with van der Waals surface area (Å²) in [5.41, 5.74) is 1.15. The fraction of sp³-hybridized carbons (Fsp3) is 0.611. The normalized spacial score (nSPS) is 16.8. The Labute approximate surface area is 143 Å². The van der Waals surface area contributed by atoms with Crippen LogP contribution in [0.2, 0.25) is 0 Å². The van der Waals surface area contributed by atoms with Crippen LogP contribution < -0.4 is 15.4 Å². The number of aryl methyl sites for hydroxylation is 1. The number of nitrogens with one attached hydrogen (secondary N) is 2. The van der Waals surface area contributed by atoms with E-state index in [0.717, 1.165) is 37.2 Å². The molecular weight excluding hydrogens is 308 g/mol. The van der Waals surface area contributed by atoms with E-state index in [0.29, 0.717) is 32.9 Å². The molecule has 1 aromatic carbocycles. The molecule has 1 aliphatic rings. The number of amides is 2. The summed E-state index contributed by atoms with van der Waals surface area (Å²) in [6.45, 7) is 5.66. The molecule has 6 nitrogen and oxygen atoms in total. The highest BCUT2D eigenvalue weighted by atomic mass is 16.5. The van der Waals surface area contributed by atoms with E-state index >= 15 is 0 Å². The van der Waals surface area contributed by atoms with Gasteiger partial charge in [-0.25, -0.2) is 4.79 Å². The van der Waals surface area contributed by atoms with Gasteiger partial charge < -0.3 is 24.8 Å². The molecule has 1 atom stereocenters. The van der Waals surface area contributed by atoms with E-state index in [1.54, 1.807) is 0 Å². The van der Waals surface area contributed by atoms with Gasteiger partial charge in [0.05, 0.1) is 19.3 Å². The minimum absolute atomic E-state index is 0.179. The van der Waals surface area contributed by atoms with Crippen LogP contribution in [0.25, 0.3) is 0 Å². The predicted molar refractivity (Wildman–Crippen MR) is 92.5 cm³/mol. The number of ether oxygens (including phenoxy) is 3. The molecule has 6 heteroatoms. The third-order valence-corrected chi connectivity index (χ3v) is 3.72. The van der Waals surface area contributed by atoms with Crippen LogP contribution in [0, 0.1) is 6.92 Å². The lowest BCUT2D eigenvalue weighted by Gasteiger charge is -2.11. The van der Waals surface area contributed by atoms with Gasteiger partial charge in [-0.15, -0.1) is 0 Å². The van der Waals surface area contributed by atoms with E-state index < -0.39 is 0 Å². The van der Waals surface area contributed by atoms with E-state index in [1.165, 1.54) is 0 Å². The van der Waals surface area contributed by atoms with Crippen LogP contribution in [-0.2, 0) is 9.47 Å². The van der Waals surface area contributed by atoms with E-state index in [-0.39, 0.29) is 12.1 Å². The van der Waals surface area contributed by atoms with Crippen molar-refractivity contribution in [3.8, 4) is 5.75 Å². The second-order valence-corrected chi connectivity index (χ2v) is 5.91. The summed E-state index contributed by atoms with van der Waals surface area (Å²) in [5, 5.41) is 5.57. The third-order valence-electron chi connectivity index (χ3n) is 3.72. The highest BCUT2D eigenvalue weighted by Crippen LogP contribution is 2.12. The third kappa shape index (κ3) is 7.66. The fourth-order valence-electron chi connectivity index (χ4n) is 2.47. The van der Waals surface area contributed by atoms with Gasteiger partial charge in [0, 0.05) is 19.8 Å². The molecule has 0 spiro atoms. The van der Waals surface area contributed by atoms with E-state index in [1.807, 2.05) is 31.2 Å². The van der Waals surface area contributed by atoms with Gasteiger partial charge >= 0.3 is 6.03 Å². The molecule has 1 heterocycles. The minimum atomic E-state index is -0.179. The van der Waals surface area contributed by atoms with Crippen LogP contribution in [0.5, 0.6) is 5.75 Å². The van der Waals surface area contributed by atoms with Gasteiger partial charge in [-0.1, -0.05) is 12.1 Å².